The number of rotatable bonds is 2. The van der Waals surface area contributed by atoms with Crippen LogP contribution in [-0.4, -0.2) is 0 Å². The van der Waals surface area contributed by atoms with E-state index in [0.29, 0.717) is 0 Å². The van der Waals surface area contributed by atoms with Crippen LogP contribution in [0.25, 0.3) is 33.4 Å². The van der Waals surface area contributed by atoms with E-state index in [1.807, 2.05) is 0 Å². The Morgan fingerprint density at radius 3 is 1.00 bits per heavy atom. The van der Waals surface area contributed by atoms with Gasteiger partial charge in [0, 0.05) is 0 Å². The predicted molar refractivity (Wildman–Crippen MR) is 161 cm³/mol. The Morgan fingerprint density at radius 1 is 0.342 bits per heavy atom. The van der Waals surface area contributed by atoms with Gasteiger partial charge in [0.05, 0.1) is 0 Å². The monoisotopic (exact) mass is 488 g/mol. The van der Waals surface area contributed by atoms with E-state index in [0.717, 1.165) is 0 Å². The van der Waals surface area contributed by atoms with E-state index in [9.17, 15) is 0 Å². The van der Waals surface area contributed by atoms with Gasteiger partial charge in [-0.1, -0.05) is 96.1 Å². The highest BCUT2D eigenvalue weighted by molar-refractivity contribution is 6.07. The maximum atomic E-state index is 2.40. The molecule has 184 valence electrons. The van der Waals surface area contributed by atoms with E-state index >= 15 is 0 Å². The molecule has 0 amide bonds. The second kappa shape index (κ2) is 8.17. The van der Waals surface area contributed by atoms with Crippen LogP contribution in [0, 0.1) is 41.5 Å². The Bertz CT molecular complexity index is 1770. The molecule has 0 unspecified atom stereocenters. The molecule has 0 nitrogen and oxygen atoms in total. The van der Waals surface area contributed by atoms with Crippen molar-refractivity contribution in [2.24, 2.45) is 0 Å². The van der Waals surface area contributed by atoms with Crippen LogP contribution in [0.4, 0.5) is 0 Å². The van der Waals surface area contributed by atoms with Crippen molar-refractivity contribution in [1.29, 1.82) is 0 Å². The highest BCUT2D eigenvalue weighted by atomic mass is 14.3. The maximum Gasteiger partial charge on any atom is -0.00137 e. The van der Waals surface area contributed by atoms with Crippen molar-refractivity contribution in [2.45, 2.75) is 41.5 Å². The second-order valence-corrected chi connectivity index (χ2v) is 11.3. The van der Waals surface area contributed by atoms with E-state index in [1.54, 1.807) is 0 Å². The van der Waals surface area contributed by atoms with E-state index in [-0.39, 0.29) is 0 Å². The van der Waals surface area contributed by atoms with Gasteiger partial charge in [-0.2, -0.15) is 0 Å². The minimum Gasteiger partial charge on any atom is -0.0616 e. The first-order valence-electron chi connectivity index (χ1n) is 13.6. The van der Waals surface area contributed by atoms with Gasteiger partial charge in [-0.15, -0.1) is 0 Å². The van der Waals surface area contributed by atoms with Crippen molar-refractivity contribution in [3.05, 3.63) is 151 Å². The Balaban J connectivity index is 1.68. The zero-order chi connectivity index (χ0) is 26.3. The summed E-state index contributed by atoms with van der Waals surface area (Å²) in [6, 6.07) is 32.1. The molecule has 0 fully saturated rings. The first-order chi connectivity index (χ1) is 18.3. The van der Waals surface area contributed by atoms with Crippen molar-refractivity contribution >= 4 is 11.1 Å². The number of aryl methyl sites for hydroxylation is 6. The van der Waals surface area contributed by atoms with Crippen LogP contribution >= 0.6 is 0 Å². The minimum atomic E-state index is 1.32. The molecule has 0 saturated heterocycles. The van der Waals surface area contributed by atoms with Crippen LogP contribution in [0.15, 0.2) is 84.9 Å². The zero-order valence-corrected chi connectivity index (χ0v) is 23.1. The summed E-state index contributed by atoms with van der Waals surface area (Å²) in [7, 11) is 0. The molecule has 38 heavy (non-hydrogen) atoms. The third kappa shape index (κ3) is 3.10. The lowest BCUT2D eigenvalue weighted by Crippen LogP contribution is -2.16. The standard InChI is InChI=1S/C38H32/c1-21-17-23(3)33(24(4)18-21)35-27-11-7-9-13-29(27)37-31(35)15-16-32-36(28-12-8-10-14-30(28)38(32)37)34-25(5)19-22(2)20-26(34)6/h7-20H,1-6H3. The summed E-state index contributed by atoms with van der Waals surface area (Å²) in [4.78, 5) is 0. The summed E-state index contributed by atoms with van der Waals surface area (Å²) >= 11 is 0. The summed E-state index contributed by atoms with van der Waals surface area (Å²) in [5.74, 6) is 0. The Labute approximate surface area is 225 Å². The summed E-state index contributed by atoms with van der Waals surface area (Å²) in [5, 5.41) is 2.71. The topological polar surface area (TPSA) is 0 Å². The molecule has 2 aliphatic carbocycles. The molecule has 0 atom stereocenters. The number of hydrogen-bond acceptors (Lipinski definition) is 0. The van der Waals surface area contributed by atoms with Gasteiger partial charge in [-0.3, -0.25) is 0 Å². The molecule has 7 rings (SSSR count). The molecule has 0 radical (unpaired) electrons. The number of benzene rings is 5. The summed E-state index contributed by atoms with van der Waals surface area (Å²) in [5.41, 5.74) is 21.7. The highest BCUT2D eigenvalue weighted by Crippen LogP contribution is 2.45. The van der Waals surface area contributed by atoms with Gasteiger partial charge >= 0.3 is 0 Å². The Kier molecular flexibility index (Phi) is 4.94. The van der Waals surface area contributed by atoms with Crippen LogP contribution in [0.3, 0.4) is 0 Å². The van der Waals surface area contributed by atoms with E-state index in [4.69, 9.17) is 0 Å². The third-order valence-corrected chi connectivity index (χ3v) is 8.53. The lowest BCUT2D eigenvalue weighted by molar-refractivity contribution is 1.28. The normalized spacial score (nSPS) is 12.9. The average Bonchev–Trinajstić information content (AvgIpc) is 3.37. The Morgan fingerprint density at radius 2 is 0.658 bits per heavy atom. The van der Waals surface area contributed by atoms with E-state index in [2.05, 4.69) is 126 Å². The molecule has 0 aliphatic heterocycles. The van der Waals surface area contributed by atoms with Gasteiger partial charge in [0.1, 0.15) is 0 Å². The summed E-state index contributed by atoms with van der Waals surface area (Å²) in [6.07, 6.45) is 0. The lowest BCUT2D eigenvalue weighted by atomic mass is 9.89. The molecule has 2 aliphatic rings. The smallest absolute Gasteiger partial charge is 0.00137 e. The first-order valence-corrected chi connectivity index (χ1v) is 13.6. The molecule has 0 N–H and O–H groups in total. The quantitative estimate of drug-likeness (QED) is 0.231. The predicted octanol–water partition coefficient (Wildman–Crippen LogP) is 7.99. The fraction of sp³-hybridized carbons (Fsp3) is 0.158. The van der Waals surface area contributed by atoms with Gasteiger partial charge in [0.2, 0.25) is 0 Å². The fourth-order valence-electron chi connectivity index (χ4n) is 7.39. The number of fused-ring (bicyclic) bond motifs is 7. The molecule has 0 spiro atoms. The molecule has 5 aromatic carbocycles. The third-order valence-electron chi connectivity index (χ3n) is 8.53. The van der Waals surface area contributed by atoms with Crippen LogP contribution in [0.1, 0.15) is 55.6 Å². The van der Waals surface area contributed by atoms with Crippen molar-refractivity contribution in [3.8, 4) is 22.3 Å². The van der Waals surface area contributed by atoms with Crippen molar-refractivity contribution in [1.82, 2.24) is 0 Å². The molecule has 0 saturated carbocycles. The fourth-order valence-corrected chi connectivity index (χ4v) is 7.39. The lowest BCUT2D eigenvalue weighted by Gasteiger charge is -2.14. The van der Waals surface area contributed by atoms with Crippen LogP contribution in [0.5, 0.6) is 0 Å². The molecular weight excluding hydrogens is 456 g/mol. The summed E-state index contributed by atoms with van der Waals surface area (Å²) in [6.45, 7) is 13.4. The zero-order valence-electron chi connectivity index (χ0n) is 23.1. The first kappa shape index (κ1) is 23.0. The van der Waals surface area contributed by atoms with Crippen molar-refractivity contribution in [3.63, 3.8) is 0 Å². The van der Waals surface area contributed by atoms with E-state index < -0.39 is 0 Å². The van der Waals surface area contributed by atoms with Crippen LogP contribution < -0.4 is 10.4 Å². The molecule has 0 heteroatoms. The molecule has 0 bridgehead atoms. The van der Waals surface area contributed by atoms with Crippen LogP contribution in [-0.2, 0) is 0 Å². The van der Waals surface area contributed by atoms with Gasteiger partial charge in [-0.05, 0) is 130 Å². The van der Waals surface area contributed by atoms with Crippen molar-refractivity contribution in [2.75, 3.05) is 0 Å². The maximum absolute atomic E-state index is 2.40. The average molecular weight is 489 g/mol. The molecular formula is C38H32. The second-order valence-electron chi connectivity index (χ2n) is 11.3. The SMILES string of the molecule is Cc1cc(C)c(C2=c3ccc4c(c3-c3ccccc32)-c2ccccc2C=4c2c(C)cc(C)cc2C)c(C)c1. The highest BCUT2D eigenvalue weighted by Gasteiger charge is 2.31. The number of hydrogen-bond donors (Lipinski definition) is 0. The Hall–Kier alpha value is -4.16. The molecule has 0 heterocycles. The van der Waals surface area contributed by atoms with Gasteiger partial charge < -0.3 is 0 Å². The van der Waals surface area contributed by atoms with Gasteiger partial charge in [0.15, 0.2) is 0 Å². The van der Waals surface area contributed by atoms with Crippen molar-refractivity contribution < 1.29 is 0 Å². The molecule has 0 aromatic heterocycles. The molecule has 5 aromatic rings. The van der Waals surface area contributed by atoms with Crippen LogP contribution in [0.2, 0.25) is 0 Å². The largest absolute Gasteiger partial charge is 0.0616 e. The van der Waals surface area contributed by atoms with Gasteiger partial charge in [0.25, 0.3) is 0 Å². The van der Waals surface area contributed by atoms with Gasteiger partial charge in [-0.25, -0.2) is 0 Å². The minimum absolute atomic E-state index is 1.32. The summed E-state index contributed by atoms with van der Waals surface area (Å²) < 4.78 is 0. The van der Waals surface area contributed by atoms with E-state index in [1.165, 1.54) is 99.5 Å².